The number of aliphatic hydroxyl groups is 2. The first-order valence-corrected chi connectivity index (χ1v) is 6.03. The number of rotatable bonds is 7. The molecule has 0 radical (unpaired) electrons. The van der Waals surface area contributed by atoms with Crippen molar-refractivity contribution in [1.82, 2.24) is 5.32 Å². The normalized spacial score (nSPS) is 14.3. The molecular formula is C13H20FNO3. The average Bonchev–Trinajstić information content (AvgIpc) is 2.35. The number of halogens is 1. The van der Waals surface area contributed by atoms with E-state index in [-0.39, 0.29) is 5.56 Å². The van der Waals surface area contributed by atoms with Crippen molar-refractivity contribution in [2.24, 2.45) is 0 Å². The average molecular weight is 257 g/mol. The quantitative estimate of drug-likeness (QED) is 0.687. The molecule has 2 atom stereocenters. The van der Waals surface area contributed by atoms with E-state index < -0.39 is 18.0 Å². The molecule has 0 aliphatic carbocycles. The Bertz CT molecular complexity index is 373. The van der Waals surface area contributed by atoms with E-state index in [9.17, 15) is 14.6 Å². The number of hydrogen-bond acceptors (Lipinski definition) is 4. The van der Waals surface area contributed by atoms with Crippen LogP contribution in [-0.2, 0) is 0 Å². The van der Waals surface area contributed by atoms with Crippen LogP contribution in [0.5, 0.6) is 5.75 Å². The molecule has 3 N–H and O–H groups in total. The summed E-state index contributed by atoms with van der Waals surface area (Å²) >= 11 is 0. The molecule has 5 heteroatoms. The third-order valence-electron chi connectivity index (χ3n) is 2.66. The molecule has 18 heavy (non-hydrogen) atoms. The van der Waals surface area contributed by atoms with Crippen LogP contribution in [0.4, 0.5) is 4.39 Å². The predicted molar refractivity (Wildman–Crippen MR) is 67.1 cm³/mol. The Morgan fingerprint density at radius 3 is 2.67 bits per heavy atom. The van der Waals surface area contributed by atoms with Gasteiger partial charge in [-0.1, -0.05) is 0 Å². The molecule has 0 amide bonds. The fourth-order valence-electron chi connectivity index (χ4n) is 1.66. The van der Waals surface area contributed by atoms with Gasteiger partial charge in [-0.15, -0.1) is 0 Å². The van der Waals surface area contributed by atoms with Gasteiger partial charge in [0, 0.05) is 11.6 Å². The largest absolute Gasteiger partial charge is 0.494 e. The smallest absolute Gasteiger partial charge is 0.132 e. The van der Waals surface area contributed by atoms with Crippen molar-refractivity contribution >= 4 is 0 Å². The van der Waals surface area contributed by atoms with Crippen molar-refractivity contribution in [2.75, 3.05) is 20.2 Å². The summed E-state index contributed by atoms with van der Waals surface area (Å²) in [6.07, 6.45) is -1.87. The van der Waals surface area contributed by atoms with Crippen molar-refractivity contribution in [2.45, 2.75) is 25.6 Å². The lowest BCUT2D eigenvalue weighted by Gasteiger charge is -2.19. The Kier molecular flexibility index (Phi) is 6.04. The molecule has 2 unspecified atom stereocenters. The maximum atomic E-state index is 13.7. The summed E-state index contributed by atoms with van der Waals surface area (Å²) in [6, 6.07) is 4.23. The van der Waals surface area contributed by atoms with Crippen molar-refractivity contribution in [1.29, 1.82) is 0 Å². The van der Waals surface area contributed by atoms with Crippen molar-refractivity contribution in [3.63, 3.8) is 0 Å². The molecule has 102 valence electrons. The van der Waals surface area contributed by atoms with Gasteiger partial charge in [-0.05, 0) is 39.1 Å². The monoisotopic (exact) mass is 257 g/mol. The molecule has 4 nitrogen and oxygen atoms in total. The zero-order valence-corrected chi connectivity index (χ0v) is 10.7. The van der Waals surface area contributed by atoms with Crippen molar-refractivity contribution in [3.05, 3.63) is 29.6 Å². The van der Waals surface area contributed by atoms with E-state index in [0.717, 1.165) is 0 Å². The molecule has 0 aromatic heterocycles. The summed E-state index contributed by atoms with van der Waals surface area (Å²) in [7, 11) is 1.75. The third kappa shape index (κ3) is 3.94. The first kappa shape index (κ1) is 14.9. The van der Waals surface area contributed by atoms with Crippen LogP contribution in [0.1, 0.15) is 25.0 Å². The molecule has 1 aromatic carbocycles. The molecule has 1 aromatic rings. The first-order valence-electron chi connectivity index (χ1n) is 6.03. The van der Waals surface area contributed by atoms with Crippen molar-refractivity contribution < 1.29 is 19.3 Å². The Labute approximate surface area is 106 Å². The highest BCUT2D eigenvalue weighted by molar-refractivity contribution is 5.30. The van der Waals surface area contributed by atoms with Crippen LogP contribution < -0.4 is 10.1 Å². The number of nitrogens with one attached hydrogen (secondary N) is 1. The van der Waals surface area contributed by atoms with Gasteiger partial charge in [0.15, 0.2) is 0 Å². The van der Waals surface area contributed by atoms with Gasteiger partial charge in [0.05, 0.1) is 12.7 Å². The summed E-state index contributed by atoms with van der Waals surface area (Å²) < 4.78 is 18.9. The molecule has 0 saturated carbocycles. The molecule has 0 fully saturated rings. The molecule has 0 saturated heterocycles. The number of benzene rings is 1. The Hall–Kier alpha value is -1.17. The van der Waals surface area contributed by atoms with Crippen LogP contribution in [0.2, 0.25) is 0 Å². The van der Waals surface area contributed by atoms with Crippen LogP contribution in [-0.4, -0.2) is 36.5 Å². The van der Waals surface area contributed by atoms with E-state index in [0.29, 0.717) is 25.3 Å². The van der Waals surface area contributed by atoms with Gasteiger partial charge in [-0.2, -0.15) is 0 Å². The Balaban J connectivity index is 2.76. The van der Waals surface area contributed by atoms with E-state index in [1.807, 2.05) is 6.92 Å². The van der Waals surface area contributed by atoms with Crippen LogP contribution in [0.3, 0.4) is 0 Å². The minimum absolute atomic E-state index is 0.0852. The van der Waals surface area contributed by atoms with Crippen molar-refractivity contribution in [3.8, 4) is 5.75 Å². The molecular weight excluding hydrogens is 237 g/mol. The molecule has 0 bridgehead atoms. The highest BCUT2D eigenvalue weighted by atomic mass is 19.1. The summed E-state index contributed by atoms with van der Waals surface area (Å²) in [6.45, 7) is 2.81. The van der Waals surface area contributed by atoms with E-state index in [1.165, 1.54) is 12.1 Å². The van der Waals surface area contributed by atoms with Gasteiger partial charge in [0.25, 0.3) is 0 Å². The zero-order valence-electron chi connectivity index (χ0n) is 10.7. The summed E-state index contributed by atoms with van der Waals surface area (Å²) in [5.41, 5.74) is 0.0852. The lowest BCUT2D eigenvalue weighted by molar-refractivity contribution is 0.0119. The predicted octanol–water partition coefficient (Wildman–Crippen LogP) is 1.23. The van der Waals surface area contributed by atoms with Crippen LogP contribution in [0, 0.1) is 5.82 Å². The van der Waals surface area contributed by atoms with Crippen LogP contribution >= 0.6 is 0 Å². The van der Waals surface area contributed by atoms with Crippen LogP contribution in [0.25, 0.3) is 0 Å². The minimum Gasteiger partial charge on any atom is -0.494 e. The SMILES string of the molecule is CCOc1ccc(C(O)C(O)CCNC)c(F)c1. The second kappa shape index (κ2) is 7.31. The molecule has 0 aliphatic rings. The van der Waals surface area contributed by atoms with Gasteiger partial charge in [0.2, 0.25) is 0 Å². The van der Waals surface area contributed by atoms with Gasteiger partial charge in [0.1, 0.15) is 17.7 Å². The van der Waals surface area contributed by atoms with E-state index >= 15 is 0 Å². The van der Waals surface area contributed by atoms with Gasteiger partial charge >= 0.3 is 0 Å². The number of aliphatic hydroxyl groups excluding tert-OH is 2. The topological polar surface area (TPSA) is 61.7 Å². The highest BCUT2D eigenvalue weighted by Gasteiger charge is 2.21. The minimum atomic E-state index is -1.23. The van der Waals surface area contributed by atoms with E-state index in [4.69, 9.17) is 4.74 Å². The second-order valence-electron chi connectivity index (χ2n) is 4.02. The molecule has 0 spiro atoms. The maximum Gasteiger partial charge on any atom is 0.132 e. The number of ether oxygens (including phenoxy) is 1. The third-order valence-corrected chi connectivity index (χ3v) is 2.66. The Morgan fingerprint density at radius 2 is 2.11 bits per heavy atom. The molecule has 0 heterocycles. The zero-order chi connectivity index (χ0) is 13.5. The molecule has 1 rings (SSSR count). The lowest BCUT2D eigenvalue weighted by atomic mass is 10.0. The van der Waals surface area contributed by atoms with E-state index in [1.54, 1.807) is 13.1 Å². The van der Waals surface area contributed by atoms with E-state index in [2.05, 4.69) is 5.32 Å². The number of hydrogen-bond donors (Lipinski definition) is 3. The first-order chi connectivity index (χ1) is 8.60. The summed E-state index contributed by atoms with van der Waals surface area (Å²) in [4.78, 5) is 0. The highest BCUT2D eigenvalue weighted by Crippen LogP contribution is 2.25. The van der Waals surface area contributed by atoms with Gasteiger partial charge < -0.3 is 20.3 Å². The van der Waals surface area contributed by atoms with Gasteiger partial charge in [-0.3, -0.25) is 0 Å². The maximum absolute atomic E-state index is 13.7. The fraction of sp³-hybridized carbons (Fsp3) is 0.538. The summed E-state index contributed by atoms with van der Waals surface area (Å²) in [5, 5.41) is 22.4. The molecule has 0 aliphatic heterocycles. The van der Waals surface area contributed by atoms with Gasteiger partial charge in [-0.25, -0.2) is 4.39 Å². The van der Waals surface area contributed by atoms with Crippen LogP contribution in [0.15, 0.2) is 18.2 Å². The Morgan fingerprint density at radius 1 is 1.39 bits per heavy atom. The summed E-state index contributed by atoms with van der Waals surface area (Å²) in [5.74, 6) is -0.160. The standard InChI is InChI=1S/C13H20FNO3/c1-3-18-9-4-5-10(11(14)8-9)13(17)12(16)6-7-15-2/h4-5,8,12-13,15-17H,3,6-7H2,1-2H3. The second-order valence-corrected chi connectivity index (χ2v) is 4.02. The fourth-order valence-corrected chi connectivity index (χ4v) is 1.66. The lowest BCUT2D eigenvalue weighted by Crippen LogP contribution is -2.24.